The highest BCUT2D eigenvalue weighted by Gasteiger charge is 2.15. The fourth-order valence-electron chi connectivity index (χ4n) is 3.17. The maximum absolute atomic E-state index is 6.00. The Kier molecular flexibility index (Phi) is 4.07. The smallest absolute Gasteiger partial charge is 0.195 e. The number of unbranched alkanes of at least 4 members (excludes halogenated alkanes) is 1. The van der Waals surface area contributed by atoms with Gasteiger partial charge in [-0.3, -0.25) is 4.40 Å². The van der Waals surface area contributed by atoms with E-state index < -0.39 is 0 Å². The lowest BCUT2D eigenvalue weighted by Crippen LogP contribution is -1.88. The standard InChI is InChI=1S/C20H19ClN2S/c1-3-4-5-14-6-11-17-18(12-14)24-20-22-19(13(2)23(17)20)15-7-9-16(21)10-8-15/h6-12H,3-5H2,1-2H3. The average Bonchev–Trinajstić information content (AvgIpc) is 3.10. The highest BCUT2D eigenvalue weighted by Crippen LogP contribution is 2.33. The zero-order chi connectivity index (χ0) is 16.7. The van der Waals surface area contributed by atoms with Crippen molar-refractivity contribution in [2.24, 2.45) is 0 Å². The number of aromatic nitrogens is 2. The Morgan fingerprint density at radius 2 is 1.92 bits per heavy atom. The molecule has 0 saturated carbocycles. The van der Waals surface area contributed by atoms with Gasteiger partial charge in [-0.1, -0.05) is 54.5 Å². The van der Waals surface area contributed by atoms with Crippen molar-refractivity contribution in [1.82, 2.24) is 9.38 Å². The van der Waals surface area contributed by atoms with Gasteiger partial charge in [-0.25, -0.2) is 4.98 Å². The Balaban J connectivity index is 1.83. The minimum Gasteiger partial charge on any atom is -0.287 e. The summed E-state index contributed by atoms with van der Waals surface area (Å²) in [6.07, 6.45) is 3.63. The molecule has 0 saturated heterocycles. The number of hydrogen-bond donors (Lipinski definition) is 0. The zero-order valence-electron chi connectivity index (χ0n) is 13.8. The molecule has 0 fully saturated rings. The van der Waals surface area contributed by atoms with Crippen LogP contribution < -0.4 is 0 Å². The van der Waals surface area contributed by atoms with Crippen molar-refractivity contribution in [2.75, 3.05) is 0 Å². The molecule has 0 spiro atoms. The molecule has 0 atom stereocenters. The van der Waals surface area contributed by atoms with Crippen LogP contribution >= 0.6 is 22.9 Å². The molecule has 0 aliphatic heterocycles. The van der Waals surface area contributed by atoms with E-state index in [1.54, 1.807) is 11.3 Å². The molecule has 2 aromatic heterocycles. The van der Waals surface area contributed by atoms with Crippen molar-refractivity contribution >= 4 is 38.1 Å². The molecule has 2 heterocycles. The van der Waals surface area contributed by atoms with E-state index in [1.165, 1.54) is 34.3 Å². The number of halogens is 1. The molecule has 0 radical (unpaired) electrons. The van der Waals surface area contributed by atoms with E-state index in [1.807, 2.05) is 24.3 Å². The van der Waals surface area contributed by atoms with E-state index in [0.29, 0.717) is 0 Å². The van der Waals surface area contributed by atoms with Crippen molar-refractivity contribution in [3.63, 3.8) is 0 Å². The van der Waals surface area contributed by atoms with Crippen LogP contribution in [-0.4, -0.2) is 9.38 Å². The molecule has 0 bridgehead atoms. The number of benzene rings is 2. The first-order chi connectivity index (χ1) is 11.7. The highest BCUT2D eigenvalue weighted by molar-refractivity contribution is 7.23. The van der Waals surface area contributed by atoms with Gasteiger partial charge in [0.1, 0.15) is 0 Å². The fraction of sp³-hybridized carbons (Fsp3) is 0.250. The summed E-state index contributed by atoms with van der Waals surface area (Å²) >= 11 is 7.77. The van der Waals surface area contributed by atoms with Gasteiger partial charge in [-0.2, -0.15) is 0 Å². The minimum atomic E-state index is 0.752. The molecule has 0 unspecified atom stereocenters. The lowest BCUT2D eigenvalue weighted by molar-refractivity contribution is 0.796. The molecular weight excluding hydrogens is 336 g/mol. The van der Waals surface area contributed by atoms with Gasteiger partial charge in [0, 0.05) is 16.3 Å². The fourth-order valence-corrected chi connectivity index (χ4v) is 4.43. The van der Waals surface area contributed by atoms with E-state index in [-0.39, 0.29) is 0 Å². The molecule has 24 heavy (non-hydrogen) atoms. The number of imidazole rings is 1. The van der Waals surface area contributed by atoms with Crippen LogP contribution in [0, 0.1) is 6.92 Å². The Labute approximate surface area is 150 Å². The van der Waals surface area contributed by atoms with Gasteiger partial charge in [-0.05, 0) is 49.6 Å². The van der Waals surface area contributed by atoms with Crippen molar-refractivity contribution in [2.45, 2.75) is 33.1 Å². The Morgan fingerprint density at radius 3 is 2.67 bits per heavy atom. The van der Waals surface area contributed by atoms with Crippen LogP contribution in [0.5, 0.6) is 0 Å². The normalized spacial score (nSPS) is 11.6. The molecular formula is C20H19ClN2S. The molecule has 0 N–H and O–H groups in total. The predicted octanol–water partition coefficient (Wildman–Crippen LogP) is 6.52. The molecule has 2 aromatic carbocycles. The van der Waals surface area contributed by atoms with Crippen LogP contribution in [-0.2, 0) is 6.42 Å². The zero-order valence-corrected chi connectivity index (χ0v) is 15.4. The number of fused-ring (bicyclic) bond motifs is 3. The van der Waals surface area contributed by atoms with Crippen molar-refractivity contribution in [3.8, 4) is 11.3 Å². The summed E-state index contributed by atoms with van der Waals surface area (Å²) < 4.78 is 3.59. The summed E-state index contributed by atoms with van der Waals surface area (Å²) in [5, 5.41) is 0.752. The second-order valence-electron chi connectivity index (χ2n) is 6.18. The van der Waals surface area contributed by atoms with Gasteiger partial charge in [0.25, 0.3) is 0 Å². The third-order valence-electron chi connectivity index (χ3n) is 4.48. The summed E-state index contributed by atoms with van der Waals surface area (Å²) in [5.74, 6) is 0. The van der Waals surface area contributed by atoms with Gasteiger partial charge in [0.15, 0.2) is 4.96 Å². The van der Waals surface area contributed by atoms with Crippen molar-refractivity contribution in [1.29, 1.82) is 0 Å². The van der Waals surface area contributed by atoms with Crippen LogP contribution in [0.15, 0.2) is 42.5 Å². The first kappa shape index (κ1) is 15.7. The van der Waals surface area contributed by atoms with E-state index >= 15 is 0 Å². The number of nitrogens with zero attached hydrogens (tertiary/aromatic N) is 2. The first-order valence-corrected chi connectivity index (χ1v) is 9.53. The summed E-state index contributed by atoms with van der Waals surface area (Å²) in [6.45, 7) is 4.38. The van der Waals surface area contributed by atoms with E-state index in [4.69, 9.17) is 16.6 Å². The van der Waals surface area contributed by atoms with Crippen molar-refractivity contribution < 1.29 is 0 Å². The number of rotatable bonds is 4. The Bertz CT molecular complexity index is 1010. The second kappa shape index (κ2) is 6.23. The van der Waals surface area contributed by atoms with Crippen LogP contribution in [0.3, 0.4) is 0 Å². The van der Waals surface area contributed by atoms with Gasteiger partial charge < -0.3 is 0 Å². The lowest BCUT2D eigenvalue weighted by atomic mass is 10.1. The average molecular weight is 355 g/mol. The Morgan fingerprint density at radius 1 is 1.12 bits per heavy atom. The maximum Gasteiger partial charge on any atom is 0.195 e. The molecule has 0 aliphatic rings. The second-order valence-corrected chi connectivity index (χ2v) is 7.62. The molecule has 4 heteroatoms. The third-order valence-corrected chi connectivity index (χ3v) is 5.74. The van der Waals surface area contributed by atoms with Crippen LogP contribution in [0.2, 0.25) is 5.02 Å². The summed E-state index contributed by atoms with van der Waals surface area (Å²) in [6, 6.07) is 14.7. The number of thiazole rings is 1. The van der Waals surface area contributed by atoms with E-state index in [9.17, 15) is 0 Å². The topological polar surface area (TPSA) is 17.3 Å². The van der Waals surface area contributed by atoms with E-state index in [0.717, 1.165) is 27.7 Å². The largest absolute Gasteiger partial charge is 0.287 e. The maximum atomic E-state index is 6.00. The van der Waals surface area contributed by atoms with Gasteiger partial charge in [0.2, 0.25) is 0 Å². The summed E-state index contributed by atoms with van der Waals surface area (Å²) in [7, 11) is 0. The van der Waals surface area contributed by atoms with Gasteiger partial charge in [-0.15, -0.1) is 0 Å². The number of hydrogen-bond acceptors (Lipinski definition) is 2. The first-order valence-electron chi connectivity index (χ1n) is 8.34. The van der Waals surface area contributed by atoms with Gasteiger partial charge >= 0.3 is 0 Å². The van der Waals surface area contributed by atoms with Crippen LogP contribution in [0.25, 0.3) is 26.4 Å². The molecule has 0 aliphatic carbocycles. The predicted molar refractivity (Wildman–Crippen MR) is 104 cm³/mol. The van der Waals surface area contributed by atoms with Crippen LogP contribution in [0.4, 0.5) is 0 Å². The highest BCUT2D eigenvalue weighted by atomic mass is 35.5. The van der Waals surface area contributed by atoms with Crippen LogP contribution in [0.1, 0.15) is 31.0 Å². The lowest BCUT2D eigenvalue weighted by Gasteiger charge is -2.02. The minimum absolute atomic E-state index is 0.752. The number of aryl methyl sites for hydroxylation is 2. The molecule has 4 aromatic rings. The summed E-state index contributed by atoms with van der Waals surface area (Å²) in [4.78, 5) is 5.94. The Hall–Kier alpha value is -1.84. The molecule has 0 amide bonds. The van der Waals surface area contributed by atoms with Crippen molar-refractivity contribution in [3.05, 3.63) is 58.7 Å². The van der Waals surface area contributed by atoms with E-state index in [2.05, 4.69) is 36.4 Å². The molecule has 4 rings (SSSR count). The quantitative estimate of drug-likeness (QED) is 0.407. The third kappa shape index (κ3) is 2.62. The SMILES string of the molecule is CCCCc1ccc2c(c1)sc1nc(-c3ccc(Cl)cc3)c(C)n12. The van der Waals surface area contributed by atoms with Gasteiger partial charge in [0.05, 0.1) is 15.9 Å². The summed E-state index contributed by atoms with van der Waals surface area (Å²) in [5.41, 5.74) is 6.00. The molecule has 2 nitrogen and oxygen atoms in total. The monoisotopic (exact) mass is 354 g/mol. The molecule has 122 valence electrons.